The fraction of sp³-hybridized carbons (Fsp3) is 0.222. The first-order valence-corrected chi connectivity index (χ1v) is 4.52. The molecule has 70 valence electrons. The third-order valence-corrected chi connectivity index (χ3v) is 2.08. The van der Waals surface area contributed by atoms with Crippen LogP contribution in [0.4, 0.5) is 0 Å². The fourth-order valence-electron chi connectivity index (χ4n) is 0.807. The van der Waals surface area contributed by atoms with Gasteiger partial charge in [-0.3, -0.25) is 0 Å². The topological polar surface area (TPSA) is 15.6 Å². The van der Waals surface area contributed by atoms with Gasteiger partial charge < -0.3 is 5.01 Å². The summed E-state index contributed by atoms with van der Waals surface area (Å²) in [5.74, 6) is 0. The molecular formula is C9H10Cl2N2. The molecule has 13 heavy (non-hydrogen) atoms. The van der Waals surface area contributed by atoms with Crippen molar-refractivity contribution in [2.75, 3.05) is 14.1 Å². The molecule has 0 aliphatic carbocycles. The van der Waals surface area contributed by atoms with Crippen LogP contribution in [0.1, 0.15) is 5.56 Å². The maximum Gasteiger partial charge on any atom is 0.0572 e. The minimum Gasteiger partial charge on any atom is -0.303 e. The van der Waals surface area contributed by atoms with E-state index in [1.54, 1.807) is 29.4 Å². The molecule has 0 amide bonds. The Morgan fingerprint density at radius 2 is 1.77 bits per heavy atom. The lowest BCUT2D eigenvalue weighted by molar-refractivity contribution is 0.440. The quantitative estimate of drug-likeness (QED) is 0.549. The van der Waals surface area contributed by atoms with Gasteiger partial charge in [0.15, 0.2) is 0 Å². The lowest BCUT2D eigenvalue weighted by Gasteiger charge is -2.04. The van der Waals surface area contributed by atoms with E-state index in [2.05, 4.69) is 5.10 Å². The molecule has 4 heteroatoms. The van der Waals surface area contributed by atoms with Crippen molar-refractivity contribution >= 4 is 29.4 Å². The summed E-state index contributed by atoms with van der Waals surface area (Å²) >= 11 is 11.8. The number of nitrogens with zero attached hydrogens (tertiary/aromatic N) is 2. The first kappa shape index (κ1) is 10.4. The molecule has 0 spiro atoms. The SMILES string of the molecule is CN(C)/N=C/c1c(Cl)cccc1Cl. The number of halogens is 2. The molecule has 0 saturated heterocycles. The second kappa shape index (κ2) is 4.49. The zero-order valence-electron chi connectivity index (χ0n) is 7.46. The van der Waals surface area contributed by atoms with E-state index >= 15 is 0 Å². The van der Waals surface area contributed by atoms with E-state index in [0.717, 1.165) is 5.56 Å². The summed E-state index contributed by atoms with van der Waals surface area (Å²) < 4.78 is 0. The van der Waals surface area contributed by atoms with Crippen LogP contribution in [0, 0.1) is 0 Å². The predicted octanol–water partition coefficient (Wildman–Crippen LogP) is 2.89. The maximum absolute atomic E-state index is 5.92. The van der Waals surface area contributed by atoms with Crippen LogP contribution in [0.15, 0.2) is 23.3 Å². The minimum absolute atomic E-state index is 0.609. The summed E-state index contributed by atoms with van der Waals surface area (Å²) in [6.45, 7) is 0. The predicted molar refractivity (Wildman–Crippen MR) is 57.7 cm³/mol. The van der Waals surface area contributed by atoms with Gasteiger partial charge in [-0.1, -0.05) is 29.3 Å². The number of rotatable bonds is 2. The summed E-state index contributed by atoms with van der Waals surface area (Å²) in [5.41, 5.74) is 0.750. The Kier molecular flexibility index (Phi) is 3.58. The Labute approximate surface area is 87.8 Å². The van der Waals surface area contributed by atoms with Gasteiger partial charge in [-0.2, -0.15) is 5.10 Å². The number of benzene rings is 1. The standard InChI is InChI=1S/C9H10Cl2N2/c1-13(2)12-6-7-8(10)4-3-5-9(7)11/h3-6H,1-2H3/b12-6+. The average Bonchev–Trinajstić information content (AvgIpc) is 2.03. The monoisotopic (exact) mass is 216 g/mol. The van der Waals surface area contributed by atoms with E-state index in [4.69, 9.17) is 23.2 Å². The van der Waals surface area contributed by atoms with Gasteiger partial charge in [-0.25, -0.2) is 0 Å². The van der Waals surface area contributed by atoms with Crippen LogP contribution < -0.4 is 0 Å². The van der Waals surface area contributed by atoms with Gasteiger partial charge >= 0.3 is 0 Å². The summed E-state index contributed by atoms with van der Waals surface area (Å²) in [7, 11) is 3.67. The second-order valence-electron chi connectivity index (χ2n) is 2.73. The smallest absolute Gasteiger partial charge is 0.0572 e. The molecular weight excluding hydrogens is 207 g/mol. The summed E-state index contributed by atoms with van der Waals surface area (Å²) in [6, 6.07) is 5.37. The van der Waals surface area contributed by atoms with E-state index < -0.39 is 0 Å². The van der Waals surface area contributed by atoms with Gasteiger partial charge in [-0.15, -0.1) is 0 Å². The Morgan fingerprint density at radius 1 is 1.23 bits per heavy atom. The maximum atomic E-state index is 5.92. The van der Waals surface area contributed by atoms with Crippen molar-refractivity contribution in [3.63, 3.8) is 0 Å². The van der Waals surface area contributed by atoms with Crippen LogP contribution in [-0.4, -0.2) is 25.3 Å². The Morgan fingerprint density at radius 3 is 2.23 bits per heavy atom. The normalized spacial score (nSPS) is 10.8. The molecule has 1 aromatic carbocycles. The van der Waals surface area contributed by atoms with Gasteiger partial charge in [0.2, 0.25) is 0 Å². The van der Waals surface area contributed by atoms with Gasteiger partial charge in [0.25, 0.3) is 0 Å². The zero-order chi connectivity index (χ0) is 9.84. The van der Waals surface area contributed by atoms with E-state index in [1.165, 1.54) is 0 Å². The molecule has 1 aromatic rings. The van der Waals surface area contributed by atoms with E-state index in [9.17, 15) is 0 Å². The van der Waals surface area contributed by atoms with Crippen LogP contribution in [0.2, 0.25) is 10.0 Å². The third kappa shape index (κ3) is 2.90. The van der Waals surface area contributed by atoms with Crippen LogP contribution in [-0.2, 0) is 0 Å². The van der Waals surface area contributed by atoms with Crippen LogP contribution >= 0.6 is 23.2 Å². The van der Waals surface area contributed by atoms with E-state index in [1.807, 2.05) is 14.1 Å². The van der Waals surface area contributed by atoms with Crippen molar-refractivity contribution < 1.29 is 0 Å². The van der Waals surface area contributed by atoms with Gasteiger partial charge in [0.05, 0.1) is 16.3 Å². The molecule has 0 radical (unpaired) electrons. The first-order valence-electron chi connectivity index (χ1n) is 3.76. The summed E-state index contributed by atoms with van der Waals surface area (Å²) in [5, 5.41) is 6.95. The molecule has 0 atom stereocenters. The Hall–Kier alpha value is -0.730. The van der Waals surface area contributed by atoms with E-state index in [0.29, 0.717) is 10.0 Å². The van der Waals surface area contributed by atoms with Crippen molar-refractivity contribution in [1.29, 1.82) is 0 Å². The molecule has 0 unspecified atom stereocenters. The average molecular weight is 217 g/mol. The van der Waals surface area contributed by atoms with Crippen molar-refractivity contribution in [3.8, 4) is 0 Å². The molecule has 0 N–H and O–H groups in total. The third-order valence-electron chi connectivity index (χ3n) is 1.42. The van der Waals surface area contributed by atoms with Gasteiger partial charge in [0, 0.05) is 19.7 Å². The number of hydrogen-bond acceptors (Lipinski definition) is 2. The lowest BCUT2D eigenvalue weighted by Crippen LogP contribution is -2.02. The van der Waals surface area contributed by atoms with E-state index in [-0.39, 0.29) is 0 Å². The minimum atomic E-state index is 0.609. The highest BCUT2D eigenvalue weighted by Crippen LogP contribution is 2.22. The van der Waals surface area contributed by atoms with Crippen molar-refractivity contribution in [3.05, 3.63) is 33.8 Å². The molecule has 0 heterocycles. The molecule has 0 bridgehead atoms. The zero-order valence-corrected chi connectivity index (χ0v) is 8.97. The molecule has 0 fully saturated rings. The van der Waals surface area contributed by atoms with Gasteiger partial charge in [0.1, 0.15) is 0 Å². The van der Waals surface area contributed by atoms with Crippen LogP contribution in [0.5, 0.6) is 0 Å². The Balaban J connectivity index is 3.00. The second-order valence-corrected chi connectivity index (χ2v) is 3.54. The first-order chi connectivity index (χ1) is 6.11. The molecule has 1 rings (SSSR count). The van der Waals surface area contributed by atoms with Crippen LogP contribution in [0.3, 0.4) is 0 Å². The summed E-state index contributed by atoms with van der Waals surface area (Å²) in [6.07, 6.45) is 1.64. The van der Waals surface area contributed by atoms with Crippen molar-refractivity contribution in [2.24, 2.45) is 5.10 Å². The number of hydrogen-bond donors (Lipinski definition) is 0. The highest BCUT2D eigenvalue weighted by molar-refractivity contribution is 6.38. The molecule has 2 nitrogen and oxygen atoms in total. The fourth-order valence-corrected chi connectivity index (χ4v) is 1.30. The van der Waals surface area contributed by atoms with Gasteiger partial charge in [-0.05, 0) is 12.1 Å². The van der Waals surface area contributed by atoms with Crippen LogP contribution in [0.25, 0.3) is 0 Å². The molecule has 0 aromatic heterocycles. The highest BCUT2D eigenvalue weighted by atomic mass is 35.5. The van der Waals surface area contributed by atoms with Crippen molar-refractivity contribution in [1.82, 2.24) is 5.01 Å². The van der Waals surface area contributed by atoms with Crippen molar-refractivity contribution in [2.45, 2.75) is 0 Å². The number of hydrazone groups is 1. The Bertz CT molecular complexity index is 301. The largest absolute Gasteiger partial charge is 0.303 e. The molecule has 0 saturated carbocycles. The molecule has 0 aliphatic heterocycles. The lowest BCUT2D eigenvalue weighted by atomic mass is 10.2. The highest BCUT2D eigenvalue weighted by Gasteiger charge is 2.01. The molecule has 0 aliphatic rings. The summed E-state index contributed by atoms with van der Waals surface area (Å²) in [4.78, 5) is 0.